The van der Waals surface area contributed by atoms with Gasteiger partial charge in [-0.05, 0) is 43.7 Å². The number of hydrogen-bond donors (Lipinski definition) is 2. The van der Waals surface area contributed by atoms with E-state index in [9.17, 15) is 4.79 Å². The van der Waals surface area contributed by atoms with Crippen molar-refractivity contribution >= 4 is 17.7 Å². The SMILES string of the molecule is CCNc1ncc([C@@H]2CC(=O)Nc3c2c(C)nn3-c2ccc(OC)cc2)cn1. The van der Waals surface area contributed by atoms with Crippen LogP contribution in [0.15, 0.2) is 36.7 Å². The van der Waals surface area contributed by atoms with Crippen LogP contribution < -0.4 is 15.4 Å². The molecule has 8 nitrogen and oxygen atoms in total. The summed E-state index contributed by atoms with van der Waals surface area (Å²) < 4.78 is 6.99. The third kappa shape index (κ3) is 3.17. The summed E-state index contributed by atoms with van der Waals surface area (Å²) in [5, 5.41) is 10.8. The number of ether oxygens (including phenoxy) is 1. The van der Waals surface area contributed by atoms with Gasteiger partial charge in [0.2, 0.25) is 11.9 Å². The van der Waals surface area contributed by atoms with Crippen LogP contribution >= 0.6 is 0 Å². The lowest BCUT2D eigenvalue weighted by molar-refractivity contribution is -0.116. The van der Waals surface area contributed by atoms with Gasteiger partial charge in [-0.2, -0.15) is 5.10 Å². The number of nitrogens with zero attached hydrogens (tertiary/aromatic N) is 4. The summed E-state index contributed by atoms with van der Waals surface area (Å²) in [6.45, 7) is 4.70. The third-order valence-corrected chi connectivity index (χ3v) is 4.83. The van der Waals surface area contributed by atoms with Crippen LogP contribution in [0.2, 0.25) is 0 Å². The van der Waals surface area contributed by atoms with Gasteiger partial charge in [-0.15, -0.1) is 0 Å². The van der Waals surface area contributed by atoms with Gasteiger partial charge in [0.25, 0.3) is 0 Å². The zero-order chi connectivity index (χ0) is 19.7. The molecule has 28 heavy (non-hydrogen) atoms. The van der Waals surface area contributed by atoms with Gasteiger partial charge in [0.05, 0.1) is 18.5 Å². The quantitative estimate of drug-likeness (QED) is 0.709. The first-order chi connectivity index (χ1) is 13.6. The van der Waals surface area contributed by atoms with Gasteiger partial charge in [0.15, 0.2) is 0 Å². The average Bonchev–Trinajstić information content (AvgIpc) is 3.04. The van der Waals surface area contributed by atoms with Gasteiger partial charge in [-0.25, -0.2) is 14.6 Å². The molecule has 144 valence electrons. The number of benzene rings is 1. The number of aryl methyl sites for hydroxylation is 1. The van der Waals surface area contributed by atoms with Crippen LogP contribution in [0.4, 0.5) is 11.8 Å². The molecule has 0 saturated carbocycles. The summed E-state index contributed by atoms with van der Waals surface area (Å²) in [4.78, 5) is 21.2. The maximum absolute atomic E-state index is 12.4. The Hall–Kier alpha value is -3.42. The van der Waals surface area contributed by atoms with Gasteiger partial charge in [-0.1, -0.05) is 0 Å². The maximum atomic E-state index is 12.4. The minimum atomic E-state index is -0.133. The molecule has 0 saturated heterocycles. The zero-order valence-corrected chi connectivity index (χ0v) is 16.1. The highest BCUT2D eigenvalue weighted by Crippen LogP contribution is 2.40. The molecule has 0 bridgehead atoms. The predicted octanol–water partition coefficient (Wildman–Crippen LogP) is 2.89. The number of anilines is 2. The summed E-state index contributed by atoms with van der Waals surface area (Å²) in [5.41, 5.74) is 3.61. The predicted molar refractivity (Wildman–Crippen MR) is 106 cm³/mol. The van der Waals surface area contributed by atoms with E-state index < -0.39 is 0 Å². The Morgan fingerprint density at radius 3 is 2.61 bits per heavy atom. The van der Waals surface area contributed by atoms with E-state index in [-0.39, 0.29) is 11.8 Å². The topological polar surface area (TPSA) is 94.0 Å². The number of amides is 1. The molecule has 0 spiro atoms. The monoisotopic (exact) mass is 378 g/mol. The molecule has 0 aliphatic carbocycles. The first kappa shape index (κ1) is 18.0. The maximum Gasteiger partial charge on any atom is 0.226 e. The van der Waals surface area contributed by atoms with E-state index in [4.69, 9.17) is 4.74 Å². The Bertz CT molecular complexity index is 995. The van der Waals surface area contributed by atoms with Crippen LogP contribution in [0, 0.1) is 6.92 Å². The second-order valence-electron chi connectivity index (χ2n) is 6.63. The van der Waals surface area contributed by atoms with Gasteiger partial charge < -0.3 is 15.4 Å². The number of fused-ring (bicyclic) bond motifs is 1. The van der Waals surface area contributed by atoms with Crippen molar-refractivity contribution in [3.05, 3.63) is 53.5 Å². The summed E-state index contributed by atoms with van der Waals surface area (Å²) in [6.07, 6.45) is 3.90. The van der Waals surface area contributed by atoms with E-state index in [1.807, 2.05) is 38.1 Å². The largest absolute Gasteiger partial charge is 0.497 e. The van der Waals surface area contributed by atoms with E-state index in [0.717, 1.165) is 34.8 Å². The second kappa shape index (κ2) is 7.30. The highest BCUT2D eigenvalue weighted by atomic mass is 16.5. The van der Waals surface area contributed by atoms with Crippen molar-refractivity contribution < 1.29 is 9.53 Å². The Labute approximate surface area is 163 Å². The van der Waals surface area contributed by atoms with Crippen LogP contribution in [0.1, 0.15) is 36.1 Å². The van der Waals surface area contributed by atoms with Gasteiger partial charge in [-0.3, -0.25) is 4.79 Å². The lowest BCUT2D eigenvalue weighted by Gasteiger charge is -2.24. The lowest BCUT2D eigenvalue weighted by atomic mass is 9.87. The minimum Gasteiger partial charge on any atom is -0.497 e. The van der Waals surface area contributed by atoms with Crippen molar-refractivity contribution in [1.82, 2.24) is 19.7 Å². The summed E-state index contributed by atoms with van der Waals surface area (Å²) in [7, 11) is 1.63. The highest BCUT2D eigenvalue weighted by Gasteiger charge is 2.33. The molecule has 1 amide bonds. The van der Waals surface area contributed by atoms with Crippen LogP contribution in [-0.2, 0) is 4.79 Å². The molecular formula is C20H22N6O2. The molecule has 1 aliphatic heterocycles. The Morgan fingerprint density at radius 2 is 1.96 bits per heavy atom. The van der Waals surface area contributed by atoms with Gasteiger partial charge in [0.1, 0.15) is 11.6 Å². The second-order valence-corrected chi connectivity index (χ2v) is 6.63. The van der Waals surface area contributed by atoms with Gasteiger partial charge >= 0.3 is 0 Å². The fraction of sp³-hybridized carbons (Fsp3) is 0.300. The molecule has 3 heterocycles. The number of aromatic nitrogens is 4. The number of methoxy groups -OCH3 is 1. The lowest BCUT2D eigenvalue weighted by Crippen LogP contribution is -2.25. The van der Waals surface area contributed by atoms with Crippen LogP contribution in [-0.4, -0.2) is 39.3 Å². The molecule has 0 radical (unpaired) electrons. The highest BCUT2D eigenvalue weighted by molar-refractivity contribution is 5.95. The Kier molecular flexibility index (Phi) is 4.68. The van der Waals surface area contributed by atoms with Crippen molar-refractivity contribution in [3.63, 3.8) is 0 Å². The molecular weight excluding hydrogens is 356 g/mol. The summed E-state index contributed by atoms with van der Waals surface area (Å²) >= 11 is 0. The normalized spacial score (nSPS) is 15.7. The average molecular weight is 378 g/mol. The van der Waals surface area contributed by atoms with Crippen LogP contribution in [0.5, 0.6) is 5.75 Å². The van der Waals surface area contributed by atoms with Crippen molar-refractivity contribution in [3.8, 4) is 11.4 Å². The molecule has 8 heteroatoms. The summed E-state index contributed by atoms with van der Waals surface area (Å²) in [6, 6.07) is 7.56. The first-order valence-corrected chi connectivity index (χ1v) is 9.20. The fourth-order valence-corrected chi connectivity index (χ4v) is 3.51. The van der Waals surface area contributed by atoms with Crippen molar-refractivity contribution in [1.29, 1.82) is 0 Å². The smallest absolute Gasteiger partial charge is 0.226 e. The Balaban J connectivity index is 1.76. The summed E-state index contributed by atoms with van der Waals surface area (Å²) in [5.74, 6) is 1.85. The van der Waals surface area contributed by atoms with E-state index in [1.54, 1.807) is 24.2 Å². The van der Waals surface area contributed by atoms with Crippen LogP contribution in [0.3, 0.4) is 0 Å². The molecule has 3 aromatic rings. The molecule has 2 aromatic heterocycles. The molecule has 0 unspecified atom stereocenters. The van der Waals surface area contributed by atoms with E-state index in [1.165, 1.54) is 0 Å². The number of carbonyl (C=O) groups excluding carboxylic acids is 1. The molecule has 1 atom stereocenters. The molecule has 4 rings (SSSR count). The van der Waals surface area contributed by atoms with Crippen molar-refractivity contribution in [2.45, 2.75) is 26.2 Å². The first-order valence-electron chi connectivity index (χ1n) is 9.20. The van der Waals surface area contributed by atoms with Crippen molar-refractivity contribution in [2.24, 2.45) is 0 Å². The Morgan fingerprint density at radius 1 is 1.25 bits per heavy atom. The number of carbonyl (C=O) groups is 1. The van der Waals surface area contributed by atoms with Crippen molar-refractivity contribution in [2.75, 3.05) is 24.3 Å². The van der Waals surface area contributed by atoms with Gasteiger partial charge in [0, 0.05) is 36.8 Å². The molecule has 2 N–H and O–H groups in total. The minimum absolute atomic E-state index is 0.0529. The number of nitrogens with one attached hydrogen (secondary N) is 2. The fourth-order valence-electron chi connectivity index (χ4n) is 3.51. The van der Waals surface area contributed by atoms with E-state index in [2.05, 4.69) is 25.7 Å². The number of rotatable bonds is 5. The number of hydrogen-bond acceptors (Lipinski definition) is 6. The molecule has 1 aromatic carbocycles. The zero-order valence-electron chi connectivity index (χ0n) is 16.1. The van der Waals surface area contributed by atoms with E-state index >= 15 is 0 Å². The van der Waals surface area contributed by atoms with E-state index in [0.29, 0.717) is 18.2 Å². The molecule has 1 aliphatic rings. The standard InChI is InChI=1S/C20H22N6O2/c1-4-21-20-22-10-13(11-23-20)16-9-17(27)24-19-18(16)12(2)25-26(19)14-5-7-15(28-3)8-6-14/h5-8,10-11,16H,4,9H2,1-3H3,(H,24,27)(H,21,22,23)/t16-/m0/s1. The molecule has 0 fully saturated rings. The third-order valence-electron chi connectivity index (χ3n) is 4.83. The van der Waals surface area contributed by atoms with Crippen LogP contribution in [0.25, 0.3) is 5.69 Å².